The van der Waals surface area contributed by atoms with Crippen molar-refractivity contribution in [1.82, 2.24) is 9.78 Å². The number of rotatable bonds is 2. The molecular weight excluding hydrogens is 330 g/mol. The lowest BCUT2D eigenvalue weighted by molar-refractivity contribution is -0.142. The summed E-state index contributed by atoms with van der Waals surface area (Å²) in [5.74, 6) is 0. The van der Waals surface area contributed by atoms with Gasteiger partial charge in [-0.2, -0.15) is 18.3 Å². The Morgan fingerprint density at radius 3 is 2.45 bits per heavy atom. The van der Waals surface area contributed by atoms with Gasteiger partial charge in [-0.15, -0.1) is 0 Å². The third-order valence-corrected chi connectivity index (χ3v) is 4.62. The summed E-state index contributed by atoms with van der Waals surface area (Å²) in [7, 11) is -3.59. The first kappa shape index (κ1) is 16.7. The Hall–Kier alpha value is -1.65. The van der Waals surface area contributed by atoms with Crippen molar-refractivity contribution >= 4 is 14.9 Å². The van der Waals surface area contributed by atoms with E-state index in [0.717, 1.165) is 7.05 Å². The Labute approximate surface area is 123 Å². The number of halogens is 4. The summed E-state index contributed by atoms with van der Waals surface area (Å²) < 4.78 is 77.7. The van der Waals surface area contributed by atoms with E-state index in [1.807, 2.05) is 0 Å². The molecule has 0 radical (unpaired) electrons. The van der Waals surface area contributed by atoms with Crippen molar-refractivity contribution in [3.63, 3.8) is 0 Å². The van der Waals surface area contributed by atoms with E-state index in [4.69, 9.17) is 4.84 Å². The number of hydrogen-bond donors (Lipinski definition) is 0. The normalized spacial score (nSPS) is 19.7. The van der Waals surface area contributed by atoms with E-state index >= 15 is 0 Å². The van der Waals surface area contributed by atoms with Crippen molar-refractivity contribution in [3.05, 3.63) is 17.5 Å². The van der Waals surface area contributed by atoms with Crippen LogP contribution < -0.4 is 0 Å². The summed E-state index contributed by atoms with van der Waals surface area (Å²) in [4.78, 5) is 4.83. The highest BCUT2D eigenvalue weighted by molar-refractivity contribution is 8.06. The van der Waals surface area contributed by atoms with E-state index in [-0.39, 0.29) is 6.42 Å². The molecule has 0 N–H and O–H groups in total. The number of nitrogens with zero attached hydrogens (tertiary/aromatic N) is 3. The molecule has 0 fully saturated rings. The molecule has 1 aromatic heterocycles. The van der Waals surface area contributed by atoms with Gasteiger partial charge in [-0.25, -0.2) is 12.8 Å². The lowest BCUT2D eigenvalue weighted by atomic mass is 10.1. The van der Waals surface area contributed by atoms with Gasteiger partial charge in [0.05, 0.1) is 5.56 Å². The summed E-state index contributed by atoms with van der Waals surface area (Å²) in [5, 5.41) is 5.75. The highest BCUT2D eigenvalue weighted by atomic mass is 32.2. The molecule has 2 rings (SSSR count). The minimum absolute atomic E-state index is 0.225. The molecule has 0 amide bonds. The van der Waals surface area contributed by atoms with Crippen molar-refractivity contribution in [2.24, 2.45) is 12.2 Å². The van der Waals surface area contributed by atoms with Gasteiger partial charge < -0.3 is 4.84 Å². The van der Waals surface area contributed by atoms with Crippen LogP contribution in [0.25, 0.3) is 0 Å². The molecule has 2 heterocycles. The molecule has 1 aliphatic heterocycles. The molecule has 0 aliphatic carbocycles. The molecule has 0 aromatic carbocycles. The number of hydrogen-bond acceptors (Lipinski definition) is 5. The van der Waals surface area contributed by atoms with Gasteiger partial charge in [0.1, 0.15) is 5.60 Å². The van der Waals surface area contributed by atoms with Crippen LogP contribution in [0.2, 0.25) is 0 Å². The third-order valence-electron chi connectivity index (χ3n) is 2.94. The lowest BCUT2D eigenvalue weighted by Gasteiger charge is -2.14. The van der Waals surface area contributed by atoms with Crippen LogP contribution in [0.3, 0.4) is 0 Å². The maximum atomic E-state index is 14.3. The highest BCUT2D eigenvalue weighted by Gasteiger charge is 2.46. The Bertz CT molecular complexity index is 721. The van der Waals surface area contributed by atoms with E-state index < -0.39 is 43.4 Å². The van der Waals surface area contributed by atoms with Crippen LogP contribution in [-0.2, 0) is 27.9 Å². The molecule has 0 spiro atoms. The monoisotopic (exact) mass is 343 g/mol. The maximum absolute atomic E-state index is 14.3. The maximum Gasteiger partial charge on any atom is 0.435 e. The Balaban J connectivity index is 2.43. The molecule has 1 unspecified atom stereocenters. The molecule has 0 saturated heterocycles. The number of oxime groups is 1. The Morgan fingerprint density at radius 2 is 2.00 bits per heavy atom. The van der Waals surface area contributed by atoms with Gasteiger partial charge in [-0.3, -0.25) is 4.68 Å². The molecule has 1 atom stereocenters. The average molecular weight is 343 g/mol. The van der Waals surface area contributed by atoms with Crippen molar-refractivity contribution in [1.29, 1.82) is 0 Å². The fourth-order valence-corrected chi connectivity index (χ4v) is 3.37. The number of alkyl halides is 4. The molecular formula is C11H13F4N3O3S. The smallest absolute Gasteiger partial charge is 0.389 e. The highest BCUT2D eigenvalue weighted by Crippen LogP contribution is 2.38. The first-order valence-corrected chi connectivity index (χ1v) is 7.63. The molecule has 6 nitrogen and oxygen atoms in total. The van der Waals surface area contributed by atoms with Crippen LogP contribution in [0.4, 0.5) is 17.6 Å². The molecule has 124 valence electrons. The van der Waals surface area contributed by atoms with Crippen LogP contribution in [-0.4, -0.2) is 28.8 Å². The topological polar surface area (TPSA) is 73.5 Å². The Morgan fingerprint density at radius 1 is 1.41 bits per heavy atom. The molecule has 11 heteroatoms. The van der Waals surface area contributed by atoms with Crippen molar-refractivity contribution in [2.45, 2.75) is 37.5 Å². The number of aryl methyl sites for hydroxylation is 1. The van der Waals surface area contributed by atoms with Crippen molar-refractivity contribution in [2.75, 3.05) is 0 Å². The van der Waals surface area contributed by atoms with Crippen molar-refractivity contribution in [3.8, 4) is 0 Å². The number of aromatic nitrogens is 2. The second-order valence-corrected chi connectivity index (χ2v) is 7.45. The first-order chi connectivity index (χ1) is 9.84. The standard InChI is InChI=1S/C11H13F4N3O3S/c1-10(2)4-7(17-21-10)22(19,20)9(12)6-5-18(3)16-8(6)11(13,14)15/h5,9H,4H2,1-3H3. The fraction of sp³-hybridized carbons (Fsp3) is 0.636. The van der Waals surface area contributed by atoms with E-state index in [1.165, 1.54) is 13.8 Å². The first-order valence-electron chi connectivity index (χ1n) is 6.08. The fourth-order valence-electron chi connectivity index (χ4n) is 1.94. The molecule has 0 bridgehead atoms. The predicted octanol–water partition coefficient (Wildman–Crippen LogP) is 2.33. The minimum Gasteiger partial charge on any atom is -0.389 e. The van der Waals surface area contributed by atoms with Gasteiger partial charge in [-0.1, -0.05) is 5.16 Å². The third kappa shape index (κ3) is 2.94. The van der Waals surface area contributed by atoms with E-state index in [0.29, 0.717) is 10.9 Å². The summed E-state index contributed by atoms with van der Waals surface area (Å²) in [6.45, 7) is 3.05. The molecule has 22 heavy (non-hydrogen) atoms. The second-order valence-electron chi connectivity index (χ2n) is 5.48. The molecule has 0 saturated carbocycles. The zero-order valence-corrected chi connectivity index (χ0v) is 12.7. The van der Waals surface area contributed by atoms with E-state index in [9.17, 15) is 26.0 Å². The summed E-state index contributed by atoms with van der Waals surface area (Å²) in [6.07, 6.45) is -4.51. The summed E-state index contributed by atoms with van der Waals surface area (Å²) in [5.41, 5.74) is -6.52. The minimum atomic E-state index is -4.97. The Kier molecular flexibility index (Phi) is 3.75. The van der Waals surface area contributed by atoms with E-state index in [2.05, 4.69) is 10.3 Å². The quantitative estimate of drug-likeness (QED) is 0.773. The van der Waals surface area contributed by atoms with Gasteiger partial charge in [0.25, 0.3) is 0 Å². The van der Waals surface area contributed by atoms with E-state index in [1.54, 1.807) is 0 Å². The van der Waals surface area contributed by atoms with Crippen LogP contribution in [0.15, 0.2) is 11.4 Å². The summed E-state index contributed by atoms with van der Waals surface area (Å²) in [6, 6.07) is 0. The second kappa shape index (κ2) is 4.93. The lowest BCUT2D eigenvalue weighted by Crippen LogP contribution is -2.25. The molecule has 1 aliphatic rings. The SMILES string of the molecule is Cn1cc(C(F)S(=O)(=O)C2=NOC(C)(C)C2)c(C(F)(F)F)n1. The van der Waals surface area contributed by atoms with Crippen LogP contribution in [0, 0.1) is 0 Å². The van der Waals surface area contributed by atoms with Crippen LogP contribution >= 0.6 is 0 Å². The molecule has 1 aromatic rings. The van der Waals surface area contributed by atoms with Crippen molar-refractivity contribution < 1.29 is 30.8 Å². The van der Waals surface area contributed by atoms with Crippen LogP contribution in [0.1, 0.15) is 37.0 Å². The van der Waals surface area contributed by atoms with Gasteiger partial charge in [0.15, 0.2) is 10.7 Å². The predicted molar refractivity (Wildman–Crippen MR) is 68.2 cm³/mol. The zero-order chi connectivity index (χ0) is 16.9. The van der Waals surface area contributed by atoms with Crippen LogP contribution in [0.5, 0.6) is 0 Å². The average Bonchev–Trinajstić information content (AvgIpc) is 2.90. The van der Waals surface area contributed by atoms with Gasteiger partial charge in [-0.05, 0) is 13.8 Å². The zero-order valence-electron chi connectivity index (χ0n) is 11.8. The summed E-state index contributed by atoms with van der Waals surface area (Å²) >= 11 is 0. The van der Waals surface area contributed by atoms with Gasteiger partial charge in [0, 0.05) is 19.7 Å². The number of sulfone groups is 1. The largest absolute Gasteiger partial charge is 0.435 e. The van der Waals surface area contributed by atoms with Gasteiger partial charge >= 0.3 is 6.18 Å². The van der Waals surface area contributed by atoms with Gasteiger partial charge in [0.2, 0.25) is 15.3 Å².